The van der Waals surface area contributed by atoms with Gasteiger partial charge in [0.1, 0.15) is 6.54 Å². The molecule has 0 saturated carbocycles. The van der Waals surface area contributed by atoms with Crippen LogP contribution in [0.1, 0.15) is 20.3 Å². The van der Waals surface area contributed by atoms with Gasteiger partial charge in [-0.1, -0.05) is 13.8 Å². The molecule has 0 fully saturated rings. The summed E-state index contributed by atoms with van der Waals surface area (Å²) >= 11 is 0. The van der Waals surface area contributed by atoms with Crippen molar-refractivity contribution in [2.24, 2.45) is 17.6 Å². The number of carbonyl (C=O) groups is 1. The normalized spacial score (nSPS) is 12.2. The summed E-state index contributed by atoms with van der Waals surface area (Å²) in [6, 6.07) is 1.86. The number of nitrogens with two attached hydrogens (primary N) is 1. The van der Waals surface area contributed by atoms with E-state index >= 15 is 0 Å². The maximum atomic E-state index is 11.3. The Morgan fingerprint density at radius 2 is 2.23 bits per heavy atom. The van der Waals surface area contributed by atoms with E-state index in [1.807, 2.05) is 19.9 Å². The topological polar surface area (TPSA) is 78.9 Å². The second kappa shape index (κ2) is 6.44. The van der Waals surface area contributed by atoms with Crippen molar-refractivity contribution >= 4 is 5.91 Å². The Hall–Kier alpha value is -1.08. The standard InChI is InChI=1S/C9H17N3O/c1-7(2)5-8(6-11)9(13)12-4-3-10/h7-8H,4-6,11H2,1-2H3,(H,12,13). The van der Waals surface area contributed by atoms with Crippen molar-refractivity contribution < 1.29 is 4.79 Å². The van der Waals surface area contributed by atoms with E-state index in [-0.39, 0.29) is 18.4 Å². The van der Waals surface area contributed by atoms with Crippen LogP contribution in [0.25, 0.3) is 0 Å². The average molecular weight is 183 g/mol. The second-order valence-electron chi connectivity index (χ2n) is 3.44. The Morgan fingerprint density at radius 1 is 1.62 bits per heavy atom. The molecule has 1 unspecified atom stereocenters. The zero-order valence-electron chi connectivity index (χ0n) is 8.21. The third-order valence-corrected chi connectivity index (χ3v) is 1.75. The van der Waals surface area contributed by atoms with Crippen LogP contribution in [-0.4, -0.2) is 19.0 Å². The lowest BCUT2D eigenvalue weighted by Gasteiger charge is -2.15. The second-order valence-corrected chi connectivity index (χ2v) is 3.44. The fourth-order valence-corrected chi connectivity index (χ4v) is 1.15. The zero-order chi connectivity index (χ0) is 10.3. The molecule has 3 N–H and O–H groups in total. The van der Waals surface area contributed by atoms with Crippen molar-refractivity contribution in [3.63, 3.8) is 0 Å². The maximum absolute atomic E-state index is 11.3. The number of hydrogen-bond acceptors (Lipinski definition) is 3. The SMILES string of the molecule is CC(C)CC(CN)C(=O)NCC#N. The molecule has 0 aromatic carbocycles. The third-order valence-electron chi connectivity index (χ3n) is 1.75. The van der Waals surface area contributed by atoms with Crippen LogP contribution in [0.15, 0.2) is 0 Å². The Balaban J connectivity index is 3.93. The van der Waals surface area contributed by atoms with Crippen molar-refractivity contribution in [3.8, 4) is 6.07 Å². The molecule has 4 heteroatoms. The number of rotatable bonds is 5. The van der Waals surface area contributed by atoms with E-state index in [4.69, 9.17) is 11.0 Å². The number of amides is 1. The van der Waals surface area contributed by atoms with Crippen LogP contribution >= 0.6 is 0 Å². The van der Waals surface area contributed by atoms with Gasteiger partial charge in [0.25, 0.3) is 0 Å². The first kappa shape index (κ1) is 11.9. The van der Waals surface area contributed by atoms with Crippen molar-refractivity contribution in [1.82, 2.24) is 5.32 Å². The minimum atomic E-state index is -0.159. The molecule has 4 nitrogen and oxygen atoms in total. The van der Waals surface area contributed by atoms with Crippen molar-refractivity contribution in [2.75, 3.05) is 13.1 Å². The van der Waals surface area contributed by atoms with Crippen LogP contribution in [0, 0.1) is 23.2 Å². The molecule has 1 atom stereocenters. The predicted octanol–water partition coefficient (Wildman–Crippen LogP) is 0.247. The molecular formula is C9H17N3O. The average Bonchev–Trinajstić information content (AvgIpc) is 2.09. The fourth-order valence-electron chi connectivity index (χ4n) is 1.15. The first-order valence-corrected chi connectivity index (χ1v) is 4.46. The summed E-state index contributed by atoms with van der Waals surface area (Å²) in [5.41, 5.74) is 5.45. The minimum absolute atomic E-state index is 0.0629. The van der Waals surface area contributed by atoms with E-state index in [0.29, 0.717) is 12.5 Å². The van der Waals surface area contributed by atoms with Crippen LogP contribution < -0.4 is 11.1 Å². The summed E-state index contributed by atoms with van der Waals surface area (Å²) in [4.78, 5) is 11.3. The first-order chi connectivity index (χ1) is 6.11. The molecule has 0 spiro atoms. The summed E-state index contributed by atoms with van der Waals surface area (Å²) in [5.74, 6) is 0.174. The van der Waals surface area contributed by atoms with Gasteiger partial charge in [0.2, 0.25) is 5.91 Å². The minimum Gasteiger partial charge on any atom is -0.343 e. The van der Waals surface area contributed by atoms with E-state index in [9.17, 15) is 4.79 Å². The molecule has 0 radical (unpaired) electrons. The van der Waals surface area contributed by atoms with Gasteiger partial charge >= 0.3 is 0 Å². The maximum Gasteiger partial charge on any atom is 0.225 e. The number of nitriles is 1. The Bertz CT molecular complexity index is 196. The highest BCUT2D eigenvalue weighted by Crippen LogP contribution is 2.10. The Kier molecular flexibility index (Phi) is 5.90. The lowest BCUT2D eigenvalue weighted by Crippen LogP contribution is -2.35. The molecule has 0 heterocycles. The van der Waals surface area contributed by atoms with Crippen LogP contribution in [0.4, 0.5) is 0 Å². The molecule has 0 saturated heterocycles. The Morgan fingerprint density at radius 3 is 2.62 bits per heavy atom. The highest BCUT2D eigenvalue weighted by molar-refractivity contribution is 5.79. The van der Waals surface area contributed by atoms with Gasteiger partial charge in [-0.05, 0) is 12.3 Å². The lowest BCUT2D eigenvalue weighted by atomic mass is 9.96. The first-order valence-electron chi connectivity index (χ1n) is 4.46. The smallest absolute Gasteiger partial charge is 0.225 e. The molecule has 0 aliphatic rings. The molecule has 0 aromatic rings. The molecule has 1 amide bonds. The van der Waals surface area contributed by atoms with E-state index < -0.39 is 0 Å². The van der Waals surface area contributed by atoms with Crippen molar-refractivity contribution in [2.45, 2.75) is 20.3 Å². The van der Waals surface area contributed by atoms with Crippen molar-refractivity contribution in [3.05, 3.63) is 0 Å². The monoisotopic (exact) mass is 183 g/mol. The van der Waals surface area contributed by atoms with Gasteiger partial charge in [0.15, 0.2) is 0 Å². The summed E-state index contributed by atoms with van der Waals surface area (Å²) < 4.78 is 0. The van der Waals surface area contributed by atoms with E-state index in [0.717, 1.165) is 6.42 Å². The predicted molar refractivity (Wildman–Crippen MR) is 50.6 cm³/mol. The molecule has 13 heavy (non-hydrogen) atoms. The summed E-state index contributed by atoms with van der Waals surface area (Å²) in [7, 11) is 0. The van der Waals surface area contributed by atoms with Crippen LogP contribution in [0.2, 0.25) is 0 Å². The van der Waals surface area contributed by atoms with Gasteiger partial charge in [-0.3, -0.25) is 4.79 Å². The third kappa shape index (κ3) is 5.21. The number of hydrogen-bond donors (Lipinski definition) is 2. The summed E-state index contributed by atoms with van der Waals surface area (Å²) in [6.45, 7) is 4.49. The molecule has 74 valence electrons. The van der Waals surface area contributed by atoms with Gasteiger partial charge in [-0.25, -0.2) is 0 Å². The van der Waals surface area contributed by atoms with Gasteiger partial charge in [0.05, 0.1) is 12.0 Å². The van der Waals surface area contributed by atoms with Gasteiger partial charge in [-0.2, -0.15) is 5.26 Å². The van der Waals surface area contributed by atoms with Gasteiger partial charge in [-0.15, -0.1) is 0 Å². The zero-order valence-corrected chi connectivity index (χ0v) is 8.21. The van der Waals surface area contributed by atoms with Crippen LogP contribution in [-0.2, 0) is 4.79 Å². The molecule has 0 aliphatic carbocycles. The van der Waals surface area contributed by atoms with E-state index in [2.05, 4.69) is 5.32 Å². The number of nitrogens with one attached hydrogen (secondary N) is 1. The quantitative estimate of drug-likeness (QED) is 0.599. The Labute approximate surface area is 79.1 Å². The lowest BCUT2D eigenvalue weighted by molar-refractivity contribution is -0.124. The summed E-state index contributed by atoms with van der Waals surface area (Å²) in [5, 5.41) is 10.8. The fraction of sp³-hybridized carbons (Fsp3) is 0.778. The van der Waals surface area contributed by atoms with Crippen LogP contribution in [0.3, 0.4) is 0 Å². The molecule has 0 rings (SSSR count). The molecular weight excluding hydrogens is 166 g/mol. The highest BCUT2D eigenvalue weighted by atomic mass is 16.1. The van der Waals surface area contributed by atoms with Gasteiger partial charge < -0.3 is 11.1 Å². The number of carbonyl (C=O) groups excluding carboxylic acids is 1. The largest absolute Gasteiger partial charge is 0.343 e. The van der Waals surface area contributed by atoms with Gasteiger partial charge in [0, 0.05) is 6.54 Å². The molecule has 0 bridgehead atoms. The van der Waals surface area contributed by atoms with Crippen molar-refractivity contribution in [1.29, 1.82) is 5.26 Å². The molecule has 0 aromatic heterocycles. The van der Waals surface area contributed by atoms with E-state index in [1.165, 1.54) is 0 Å². The summed E-state index contributed by atoms with van der Waals surface area (Å²) in [6.07, 6.45) is 0.772. The van der Waals surface area contributed by atoms with Crippen LogP contribution in [0.5, 0.6) is 0 Å². The molecule has 0 aliphatic heterocycles. The van der Waals surface area contributed by atoms with E-state index in [1.54, 1.807) is 0 Å². The highest BCUT2D eigenvalue weighted by Gasteiger charge is 2.17. The number of nitrogens with zero attached hydrogens (tertiary/aromatic N) is 1.